The molecule has 0 heterocycles. The van der Waals surface area contributed by atoms with Crippen molar-refractivity contribution in [2.45, 2.75) is 11.4 Å². The van der Waals surface area contributed by atoms with Crippen LogP contribution in [0.3, 0.4) is 0 Å². The Labute approximate surface area is 215 Å². The number of sulfonamides is 1. The highest BCUT2D eigenvalue weighted by Gasteiger charge is 2.16. The van der Waals surface area contributed by atoms with Gasteiger partial charge < -0.3 is 5.32 Å². The lowest BCUT2D eigenvalue weighted by Crippen LogP contribution is -2.40. The highest BCUT2D eigenvalue weighted by Crippen LogP contribution is 2.34. The van der Waals surface area contributed by atoms with Crippen LogP contribution < -0.4 is 10.0 Å². The lowest BCUT2D eigenvalue weighted by Gasteiger charge is -2.15. The third kappa shape index (κ3) is 6.22. The van der Waals surface area contributed by atoms with Crippen molar-refractivity contribution in [3.05, 3.63) is 113 Å². The Morgan fingerprint density at radius 2 is 1.34 bits per heavy atom. The number of nitrogens with zero attached hydrogens (tertiary/aromatic N) is 1. The largest absolute Gasteiger partial charge is 0.352 e. The Morgan fingerprint density at radius 3 is 1.91 bits per heavy atom. The smallest absolute Gasteiger partial charge is 0.264 e. The first-order valence-corrected chi connectivity index (χ1v) is 13.0. The zero-order valence-electron chi connectivity index (χ0n) is 18.9. The van der Waals surface area contributed by atoms with Gasteiger partial charge in [-0.1, -0.05) is 77.8 Å². The van der Waals surface area contributed by atoms with Gasteiger partial charge in [-0.05, 0) is 70.3 Å². The monoisotopic (exact) mass is 523 g/mol. The van der Waals surface area contributed by atoms with Gasteiger partial charge in [-0.25, -0.2) is 13.1 Å². The molecular weight excluding hydrogens is 501 g/mol. The summed E-state index contributed by atoms with van der Waals surface area (Å²) in [4.78, 5) is 4.23. The number of halogens is 2. The summed E-state index contributed by atoms with van der Waals surface area (Å²) >= 11 is 12.2. The minimum Gasteiger partial charge on any atom is -0.352 e. The topological polar surface area (TPSA) is 70.6 Å². The van der Waals surface area contributed by atoms with Gasteiger partial charge >= 0.3 is 0 Å². The fraction of sp³-hybridized carbons (Fsp3) is 0.0741. The number of benzene rings is 4. The van der Waals surface area contributed by atoms with E-state index in [2.05, 4.69) is 21.1 Å². The molecule has 0 amide bonds. The molecule has 0 bridgehead atoms. The van der Waals surface area contributed by atoms with Crippen molar-refractivity contribution in [3.8, 4) is 22.3 Å². The van der Waals surface area contributed by atoms with Crippen LogP contribution in [-0.2, 0) is 16.6 Å². The molecule has 0 aliphatic heterocycles. The van der Waals surface area contributed by atoms with Crippen LogP contribution in [0.1, 0.15) is 5.56 Å². The van der Waals surface area contributed by atoms with Crippen LogP contribution in [0.5, 0.6) is 0 Å². The summed E-state index contributed by atoms with van der Waals surface area (Å²) in [7, 11) is -2.22. The van der Waals surface area contributed by atoms with Gasteiger partial charge in [0.25, 0.3) is 10.0 Å². The maximum atomic E-state index is 12.7. The lowest BCUT2D eigenvalue weighted by atomic mass is 9.93. The second kappa shape index (κ2) is 11.0. The molecule has 0 radical (unpaired) electrons. The Morgan fingerprint density at radius 1 is 0.771 bits per heavy atom. The number of guanidine groups is 1. The number of hydrogen-bond acceptors (Lipinski definition) is 3. The Balaban J connectivity index is 1.60. The quantitative estimate of drug-likeness (QED) is 0.227. The van der Waals surface area contributed by atoms with Crippen LogP contribution in [0.4, 0.5) is 0 Å². The molecule has 4 aromatic rings. The fourth-order valence-electron chi connectivity index (χ4n) is 3.58. The Hall–Kier alpha value is -3.32. The van der Waals surface area contributed by atoms with Crippen molar-refractivity contribution in [2.24, 2.45) is 4.99 Å². The molecule has 0 aliphatic rings. The number of nitrogens with one attached hydrogen (secondary N) is 2. The summed E-state index contributed by atoms with van der Waals surface area (Å²) in [5.74, 6) is 0.156. The molecule has 0 saturated carbocycles. The number of rotatable bonds is 6. The lowest BCUT2D eigenvalue weighted by molar-refractivity contribution is 0.591. The molecule has 5 nitrogen and oxygen atoms in total. The summed E-state index contributed by atoms with van der Waals surface area (Å²) in [6.07, 6.45) is 0. The van der Waals surface area contributed by atoms with E-state index in [1.54, 1.807) is 18.2 Å². The van der Waals surface area contributed by atoms with Gasteiger partial charge in [0.15, 0.2) is 0 Å². The molecular formula is C27H23Cl2N3O2S. The average Bonchev–Trinajstić information content (AvgIpc) is 2.88. The summed E-state index contributed by atoms with van der Waals surface area (Å²) in [6.45, 7) is 0.367. The molecule has 2 N–H and O–H groups in total. The van der Waals surface area contributed by atoms with Crippen molar-refractivity contribution in [1.82, 2.24) is 10.0 Å². The maximum absolute atomic E-state index is 12.7. The molecule has 0 unspecified atom stereocenters. The van der Waals surface area contributed by atoms with E-state index in [1.165, 1.54) is 19.2 Å². The van der Waals surface area contributed by atoms with Crippen LogP contribution in [0.25, 0.3) is 22.3 Å². The number of aliphatic imine (C=N–C) groups is 1. The highest BCUT2D eigenvalue weighted by molar-refractivity contribution is 7.90. The average molecular weight is 524 g/mol. The first-order chi connectivity index (χ1) is 16.9. The van der Waals surface area contributed by atoms with E-state index >= 15 is 0 Å². The predicted molar refractivity (Wildman–Crippen MR) is 144 cm³/mol. The van der Waals surface area contributed by atoms with Crippen molar-refractivity contribution < 1.29 is 8.42 Å². The second-order valence-corrected chi connectivity index (χ2v) is 10.3. The molecule has 0 saturated heterocycles. The minimum absolute atomic E-state index is 0.156. The van der Waals surface area contributed by atoms with Crippen LogP contribution in [0.15, 0.2) is 107 Å². The molecule has 178 valence electrons. The third-order valence-corrected chi connectivity index (χ3v) is 7.22. The standard InChI is InChI=1S/C27H23Cl2N3O2S/c1-30-27(32-35(33,34)24-5-3-2-4-6-24)31-18-19-7-16-25(20-8-12-22(28)13-9-20)26(17-19)21-10-14-23(29)15-11-21/h2-17H,18H2,1H3,(H2,30,31,32). The predicted octanol–water partition coefficient (Wildman–Crippen LogP) is 6.38. The van der Waals surface area contributed by atoms with E-state index in [4.69, 9.17) is 23.2 Å². The first kappa shape index (κ1) is 24.8. The van der Waals surface area contributed by atoms with E-state index in [9.17, 15) is 8.42 Å². The molecule has 0 aromatic heterocycles. The molecule has 0 aliphatic carbocycles. The summed E-state index contributed by atoms with van der Waals surface area (Å²) in [5, 5.41) is 4.42. The van der Waals surface area contributed by atoms with Gasteiger partial charge in [-0.15, -0.1) is 0 Å². The van der Waals surface area contributed by atoms with Crippen LogP contribution in [0, 0.1) is 0 Å². The van der Waals surface area contributed by atoms with E-state index in [0.29, 0.717) is 16.6 Å². The first-order valence-electron chi connectivity index (χ1n) is 10.8. The minimum atomic E-state index is -3.74. The summed E-state index contributed by atoms with van der Waals surface area (Å²) < 4.78 is 27.8. The molecule has 0 atom stereocenters. The molecule has 4 rings (SSSR count). The molecule has 8 heteroatoms. The van der Waals surface area contributed by atoms with Crippen molar-refractivity contribution >= 4 is 39.2 Å². The second-order valence-electron chi connectivity index (χ2n) is 7.74. The van der Waals surface area contributed by atoms with E-state index < -0.39 is 10.0 Å². The van der Waals surface area contributed by atoms with E-state index in [-0.39, 0.29) is 10.9 Å². The van der Waals surface area contributed by atoms with E-state index in [0.717, 1.165) is 27.8 Å². The zero-order valence-corrected chi connectivity index (χ0v) is 21.2. The highest BCUT2D eigenvalue weighted by atomic mass is 35.5. The van der Waals surface area contributed by atoms with Gasteiger partial charge in [0.05, 0.1) is 4.90 Å². The zero-order chi connectivity index (χ0) is 24.8. The van der Waals surface area contributed by atoms with Crippen LogP contribution in [0.2, 0.25) is 10.0 Å². The van der Waals surface area contributed by atoms with Crippen molar-refractivity contribution in [1.29, 1.82) is 0 Å². The van der Waals surface area contributed by atoms with Gasteiger partial charge in [-0.3, -0.25) is 4.99 Å². The third-order valence-electron chi connectivity index (χ3n) is 5.36. The fourth-order valence-corrected chi connectivity index (χ4v) is 4.89. The maximum Gasteiger partial charge on any atom is 0.264 e. The van der Waals surface area contributed by atoms with Crippen LogP contribution >= 0.6 is 23.2 Å². The van der Waals surface area contributed by atoms with E-state index in [1.807, 2.05) is 60.7 Å². The Kier molecular flexibility index (Phi) is 7.76. The van der Waals surface area contributed by atoms with Gasteiger partial charge in [-0.2, -0.15) is 0 Å². The number of hydrogen-bond donors (Lipinski definition) is 2. The van der Waals surface area contributed by atoms with Crippen LogP contribution in [-0.4, -0.2) is 21.4 Å². The van der Waals surface area contributed by atoms with Gasteiger partial charge in [0.1, 0.15) is 0 Å². The molecule has 0 fully saturated rings. The summed E-state index contributed by atoms with van der Waals surface area (Å²) in [5.41, 5.74) is 5.05. The summed E-state index contributed by atoms with van der Waals surface area (Å²) in [6, 6.07) is 29.6. The van der Waals surface area contributed by atoms with Gasteiger partial charge in [0.2, 0.25) is 5.96 Å². The normalized spacial score (nSPS) is 11.8. The molecule has 35 heavy (non-hydrogen) atoms. The van der Waals surface area contributed by atoms with Gasteiger partial charge in [0, 0.05) is 23.6 Å². The van der Waals surface area contributed by atoms with Crippen molar-refractivity contribution in [2.75, 3.05) is 7.05 Å². The molecule has 4 aromatic carbocycles. The molecule has 0 spiro atoms. The Bertz CT molecular complexity index is 1440. The SMILES string of the molecule is CN=C(NCc1ccc(-c2ccc(Cl)cc2)c(-c2ccc(Cl)cc2)c1)NS(=O)(=O)c1ccccc1. The van der Waals surface area contributed by atoms with Crippen molar-refractivity contribution in [3.63, 3.8) is 0 Å².